The number of hydrogen-bond donors (Lipinski definition) is 1. The summed E-state index contributed by atoms with van der Waals surface area (Å²) in [7, 11) is 1.49. The molecule has 0 heterocycles. The molecular formula is C31H48O3. The Hall–Kier alpha value is -1.09. The minimum Gasteiger partial charge on any atom is -0.469 e. The number of aliphatic hydroxyl groups is 1. The molecule has 10 atom stereocenters. The highest BCUT2D eigenvalue weighted by molar-refractivity contribution is 5.78. The zero-order chi connectivity index (χ0) is 24.7. The SMILES string of the molecule is C=C(C)/C=C/C[C@@H](C)[C@H]1CC[C@@]2(C)[C@@H]3CC[C@H]4[C@](C)(C(=O)OC)[C@@H](O)CC[C@@]45C[C@@]35CC[C@]12C. The predicted octanol–water partition coefficient (Wildman–Crippen LogP) is 7.10. The Labute approximate surface area is 207 Å². The lowest BCUT2D eigenvalue weighted by Gasteiger charge is -2.63. The van der Waals surface area contributed by atoms with Crippen molar-refractivity contribution >= 4 is 5.97 Å². The van der Waals surface area contributed by atoms with Gasteiger partial charge in [-0.3, -0.25) is 4.79 Å². The number of aliphatic hydroxyl groups excluding tert-OH is 1. The third-order valence-corrected chi connectivity index (χ3v) is 13.0. The second-order valence-corrected chi connectivity index (χ2v) is 13.9. The van der Waals surface area contributed by atoms with Gasteiger partial charge in [0.15, 0.2) is 0 Å². The average Bonchev–Trinajstić information content (AvgIpc) is 3.38. The van der Waals surface area contributed by atoms with Crippen molar-refractivity contribution in [1.29, 1.82) is 0 Å². The van der Waals surface area contributed by atoms with Crippen molar-refractivity contribution in [3.05, 3.63) is 24.3 Å². The Kier molecular flexibility index (Phi) is 5.57. The Bertz CT molecular complexity index is 906. The Morgan fingerprint density at radius 3 is 2.38 bits per heavy atom. The summed E-state index contributed by atoms with van der Waals surface area (Å²) >= 11 is 0. The average molecular weight is 469 g/mol. The van der Waals surface area contributed by atoms with Gasteiger partial charge in [-0.05, 0) is 123 Å². The van der Waals surface area contributed by atoms with Crippen LogP contribution in [0.4, 0.5) is 0 Å². The summed E-state index contributed by atoms with van der Waals surface area (Å²) < 4.78 is 5.29. The molecule has 1 N–H and O–H groups in total. The summed E-state index contributed by atoms with van der Waals surface area (Å²) in [5, 5.41) is 11.0. The topological polar surface area (TPSA) is 46.5 Å². The van der Waals surface area contributed by atoms with Crippen molar-refractivity contribution in [1.82, 2.24) is 0 Å². The third-order valence-electron chi connectivity index (χ3n) is 13.0. The summed E-state index contributed by atoms with van der Waals surface area (Å²) in [6.45, 7) is 15.9. The van der Waals surface area contributed by atoms with Gasteiger partial charge in [0.25, 0.3) is 0 Å². The van der Waals surface area contributed by atoms with Crippen LogP contribution in [0, 0.1) is 50.7 Å². The fraction of sp³-hybridized carbons (Fsp3) is 0.839. The van der Waals surface area contributed by atoms with Gasteiger partial charge >= 0.3 is 5.97 Å². The molecule has 0 bridgehead atoms. The first-order valence-corrected chi connectivity index (χ1v) is 14.0. The molecule has 0 aromatic heterocycles. The van der Waals surface area contributed by atoms with Crippen LogP contribution in [0.3, 0.4) is 0 Å². The van der Waals surface area contributed by atoms with E-state index in [9.17, 15) is 9.90 Å². The van der Waals surface area contributed by atoms with Crippen LogP contribution in [-0.4, -0.2) is 24.3 Å². The zero-order valence-electron chi connectivity index (χ0n) is 22.6. The summed E-state index contributed by atoms with van der Waals surface area (Å²) in [5.74, 6) is 2.33. The maximum atomic E-state index is 13.0. The highest BCUT2D eigenvalue weighted by Gasteiger charge is 2.83. The smallest absolute Gasteiger partial charge is 0.314 e. The van der Waals surface area contributed by atoms with E-state index in [2.05, 4.69) is 46.4 Å². The van der Waals surface area contributed by atoms with Crippen LogP contribution in [0.15, 0.2) is 24.3 Å². The predicted molar refractivity (Wildman–Crippen MR) is 137 cm³/mol. The van der Waals surface area contributed by atoms with Gasteiger partial charge in [-0.15, -0.1) is 0 Å². The van der Waals surface area contributed by atoms with Crippen LogP contribution >= 0.6 is 0 Å². The summed E-state index contributed by atoms with van der Waals surface area (Å²) in [6.07, 6.45) is 15.9. The van der Waals surface area contributed by atoms with Gasteiger partial charge in [-0.25, -0.2) is 0 Å². The molecule has 190 valence electrons. The molecule has 0 radical (unpaired) electrons. The molecule has 0 aromatic carbocycles. The largest absolute Gasteiger partial charge is 0.469 e. The van der Waals surface area contributed by atoms with Gasteiger partial charge in [0, 0.05) is 0 Å². The number of fused-ring (bicyclic) bond motifs is 2. The first-order valence-electron chi connectivity index (χ1n) is 14.0. The number of methoxy groups -OCH3 is 1. The summed E-state index contributed by atoms with van der Waals surface area (Å²) in [4.78, 5) is 13.0. The van der Waals surface area contributed by atoms with Crippen molar-refractivity contribution in [3.8, 4) is 0 Å². The Morgan fingerprint density at radius 2 is 1.71 bits per heavy atom. The van der Waals surface area contributed by atoms with Crippen molar-refractivity contribution in [3.63, 3.8) is 0 Å². The van der Waals surface area contributed by atoms with Gasteiger partial charge < -0.3 is 9.84 Å². The van der Waals surface area contributed by atoms with E-state index in [0.29, 0.717) is 22.2 Å². The minimum absolute atomic E-state index is 0.186. The van der Waals surface area contributed by atoms with E-state index in [1.165, 1.54) is 45.6 Å². The molecule has 0 saturated heterocycles. The molecule has 0 unspecified atom stereocenters. The molecule has 5 saturated carbocycles. The molecule has 0 amide bonds. The van der Waals surface area contributed by atoms with E-state index in [-0.39, 0.29) is 17.3 Å². The number of hydrogen-bond acceptors (Lipinski definition) is 3. The quantitative estimate of drug-likeness (QED) is 0.346. The van der Waals surface area contributed by atoms with Gasteiger partial charge in [0.1, 0.15) is 0 Å². The molecule has 0 aliphatic heterocycles. The summed E-state index contributed by atoms with van der Waals surface area (Å²) in [6, 6.07) is 0. The van der Waals surface area contributed by atoms with Crippen LogP contribution in [-0.2, 0) is 9.53 Å². The number of rotatable bonds is 5. The maximum absolute atomic E-state index is 13.0. The molecule has 3 heteroatoms. The van der Waals surface area contributed by atoms with Gasteiger partial charge in [0.05, 0.1) is 18.6 Å². The molecule has 5 aliphatic carbocycles. The highest BCUT2D eigenvalue weighted by Crippen LogP contribution is 2.89. The van der Waals surface area contributed by atoms with E-state index in [1.807, 2.05) is 6.92 Å². The molecule has 3 nitrogen and oxygen atoms in total. The van der Waals surface area contributed by atoms with E-state index in [0.717, 1.165) is 43.1 Å². The van der Waals surface area contributed by atoms with Crippen LogP contribution in [0.2, 0.25) is 0 Å². The highest BCUT2D eigenvalue weighted by atomic mass is 16.5. The molecule has 0 aromatic rings. The van der Waals surface area contributed by atoms with E-state index in [4.69, 9.17) is 4.74 Å². The minimum atomic E-state index is -0.745. The maximum Gasteiger partial charge on any atom is 0.314 e. The lowest BCUT2D eigenvalue weighted by molar-refractivity contribution is -0.191. The first kappa shape index (κ1) is 24.6. The monoisotopic (exact) mass is 468 g/mol. The fourth-order valence-corrected chi connectivity index (χ4v) is 11.2. The van der Waals surface area contributed by atoms with Gasteiger partial charge in [-0.2, -0.15) is 0 Å². The number of ether oxygens (including phenoxy) is 1. The van der Waals surface area contributed by atoms with Crippen LogP contribution in [0.25, 0.3) is 0 Å². The standard InChI is InChI=1S/C31H48O3/c1-20(2)9-8-10-21(3)22-13-15-28(5)23-11-12-24-29(6,26(33)34-7)25(32)14-16-30(24)19-31(23,30)18-17-27(22,28)4/h8-9,21-25,32H,1,10-19H2,2-7H3/b9-8+/t21-,22-,23+,24+,25+,27-,28+,29+,30-,31+/m1/s1. The molecule has 5 fully saturated rings. The number of allylic oxidation sites excluding steroid dienone is 3. The van der Waals surface area contributed by atoms with Crippen LogP contribution in [0.1, 0.15) is 98.8 Å². The van der Waals surface area contributed by atoms with E-state index < -0.39 is 11.5 Å². The molecular weight excluding hydrogens is 420 g/mol. The third kappa shape index (κ3) is 2.83. The van der Waals surface area contributed by atoms with Crippen LogP contribution in [0.5, 0.6) is 0 Å². The molecule has 5 aliphatic rings. The van der Waals surface area contributed by atoms with Crippen molar-refractivity contribution in [2.45, 2.75) is 105 Å². The second-order valence-electron chi connectivity index (χ2n) is 13.9. The lowest BCUT2D eigenvalue weighted by Crippen LogP contribution is -2.60. The van der Waals surface area contributed by atoms with Gasteiger partial charge in [0.2, 0.25) is 0 Å². The second kappa shape index (κ2) is 7.70. The fourth-order valence-electron chi connectivity index (χ4n) is 11.2. The first-order chi connectivity index (χ1) is 15.9. The molecule has 5 rings (SSSR count). The van der Waals surface area contributed by atoms with Crippen molar-refractivity contribution in [2.24, 2.45) is 50.7 Å². The van der Waals surface area contributed by atoms with Crippen molar-refractivity contribution in [2.75, 3.05) is 7.11 Å². The molecule has 2 spiro atoms. The molecule has 34 heavy (non-hydrogen) atoms. The normalized spacial score (nSPS) is 52.2. The zero-order valence-corrected chi connectivity index (χ0v) is 22.6. The van der Waals surface area contributed by atoms with E-state index >= 15 is 0 Å². The van der Waals surface area contributed by atoms with Gasteiger partial charge in [-0.1, -0.05) is 45.1 Å². The number of carbonyl (C=O) groups excluding carboxylic acids is 1. The van der Waals surface area contributed by atoms with Crippen molar-refractivity contribution < 1.29 is 14.6 Å². The Balaban J connectivity index is 1.44. The number of esters is 1. The lowest BCUT2D eigenvalue weighted by atomic mass is 9.41. The van der Waals surface area contributed by atoms with Crippen LogP contribution < -0.4 is 0 Å². The summed E-state index contributed by atoms with van der Waals surface area (Å²) in [5.41, 5.74) is 1.81. The Morgan fingerprint density at radius 1 is 1.03 bits per heavy atom. The van der Waals surface area contributed by atoms with E-state index in [1.54, 1.807) is 0 Å². The number of carbonyl (C=O) groups is 1.